The molecular formula is C17H38O3Si. The normalized spacial score (nSPS) is 17.6. The number of aliphatic hydroxyl groups is 2. The molecule has 128 valence electrons. The van der Waals surface area contributed by atoms with Crippen LogP contribution in [0.1, 0.15) is 61.8 Å². The molecule has 0 amide bonds. The summed E-state index contributed by atoms with van der Waals surface area (Å²) >= 11 is 0. The molecule has 0 radical (unpaired) electrons. The van der Waals surface area contributed by atoms with E-state index < -0.39 is 14.4 Å². The minimum absolute atomic E-state index is 0.113. The second kappa shape index (κ2) is 9.28. The molecule has 0 aliphatic rings. The standard InChI is InChI=1S/C17H38O3Si/c1-12(2)21(13(3)4,14(5)6)20-11-15(7)9-16(8)17(19)10-18/h12-19H,9-11H2,1-8H3/t15-,16-,17+/m0/s1. The lowest BCUT2D eigenvalue weighted by atomic mass is 9.94. The molecule has 0 aromatic carbocycles. The van der Waals surface area contributed by atoms with Crippen LogP contribution in [0.15, 0.2) is 0 Å². The molecule has 21 heavy (non-hydrogen) atoms. The minimum atomic E-state index is -1.79. The lowest BCUT2D eigenvalue weighted by molar-refractivity contribution is 0.0414. The lowest BCUT2D eigenvalue weighted by Gasteiger charge is -2.43. The summed E-state index contributed by atoms with van der Waals surface area (Å²) in [5.74, 6) is 0.520. The molecule has 0 saturated heterocycles. The maximum absolute atomic E-state index is 9.69. The van der Waals surface area contributed by atoms with Crippen molar-refractivity contribution in [3.63, 3.8) is 0 Å². The van der Waals surface area contributed by atoms with Gasteiger partial charge in [-0.05, 0) is 34.9 Å². The molecule has 0 rings (SSSR count). The molecule has 4 heteroatoms. The average Bonchev–Trinajstić information content (AvgIpc) is 2.36. The third-order valence-corrected chi connectivity index (χ3v) is 11.0. The van der Waals surface area contributed by atoms with Crippen molar-refractivity contribution < 1.29 is 14.6 Å². The molecule has 0 fully saturated rings. The first-order valence-corrected chi connectivity index (χ1v) is 10.7. The predicted molar refractivity (Wildman–Crippen MR) is 93.0 cm³/mol. The molecule has 0 aromatic heterocycles. The molecule has 0 spiro atoms. The summed E-state index contributed by atoms with van der Waals surface area (Å²) in [5.41, 5.74) is 1.81. The molecule has 3 atom stereocenters. The second-order valence-corrected chi connectivity index (χ2v) is 13.2. The largest absolute Gasteiger partial charge is 0.416 e. The van der Waals surface area contributed by atoms with Crippen molar-refractivity contribution in [2.45, 2.75) is 84.5 Å². The van der Waals surface area contributed by atoms with Gasteiger partial charge in [-0.2, -0.15) is 0 Å². The molecular weight excluding hydrogens is 280 g/mol. The highest BCUT2D eigenvalue weighted by Crippen LogP contribution is 2.42. The predicted octanol–water partition coefficient (Wildman–Crippen LogP) is 4.19. The highest BCUT2D eigenvalue weighted by atomic mass is 28.4. The Morgan fingerprint density at radius 2 is 1.29 bits per heavy atom. The molecule has 3 nitrogen and oxygen atoms in total. The van der Waals surface area contributed by atoms with E-state index >= 15 is 0 Å². The summed E-state index contributed by atoms with van der Waals surface area (Å²) in [6.45, 7) is 18.6. The van der Waals surface area contributed by atoms with Crippen LogP contribution in [0.2, 0.25) is 16.6 Å². The number of rotatable bonds is 10. The molecule has 0 aliphatic heterocycles. The molecule has 0 unspecified atom stereocenters. The fraction of sp³-hybridized carbons (Fsp3) is 1.00. The van der Waals surface area contributed by atoms with Gasteiger partial charge in [0.2, 0.25) is 0 Å². The van der Waals surface area contributed by atoms with Crippen molar-refractivity contribution >= 4 is 8.32 Å². The number of hydrogen-bond acceptors (Lipinski definition) is 3. The molecule has 0 saturated carbocycles. The Kier molecular flexibility index (Phi) is 9.33. The van der Waals surface area contributed by atoms with Gasteiger partial charge in [0.05, 0.1) is 12.7 Å². The summed E-state index contributed by atoms with van der Waals surface area (Å²) < 4.78 is 6.58. The van der Waals surface area contributed by atoms with Crippen LogP contribution in [0.5, 0.6) is 0 Å². The average molecular weight is 319 g/mol. The fourth-order valence-electron chi connectivity index (χ4n) is 3.83. The van der Waals surface area contributed by atoms with Gasteiger partial charge in [0.25, 0.3) is 0 Å². The van der Waals surface area contributed by atoms with Crippen molar-refractivity contribution in [1.82, 2.24) is 0 Å². The summed E-state index contributed by atoms with van der Waals surface area (Å²) in [6, 6.07) is 0. The van der Waals surface area contributed by atoms with Crippen LogP contribution in [-0.2, 0) is 4.43 Å². The van der Waals surface area contributed by atoms with Crippen molar-refractivity contribution in [1.29, 1.82) is 0 Å². The van der Waals surface area contributed by atoms with Gasteiger partial charge in [-0.25, -0.2) is 0 Å². The Bertz CT molecular complexity index is 257. The van der Waals surface area contributed by atoms with Gasteiger partial charge < -0.3 is 14.6 Å². The SMILES string of the molecule is CC(C)[Si](OC[C@@H](C)C[C@H](C)[C@H](O)CO)(C(C)C)C(C)C. The van der Waals surface area contributed by atoms with E-state index in [1.165, 1.54) is 0 Å². The molecule has 0 aromatic rings. The fourth-order valence-corrected chi connectivity index (χ4v) is 9.40. The zero-order valence-electron chi connectivity index (χ0n) is 15.4. The van der Waals surface area contributed by atoms with Crippen LogP contribution >= 0.6 is 0 Å². The topological polar surface area (TPSA) is 49.7 Å². The highest BCUT2D eigenvalue weighted by molar-refractivity contribution is 6.77. The Morgan fingerprint density at radius 1 is 0.857 bits per heavy atom. The molecule has 0 aliphatic carbocycles. The molecule has 0 heterocycles. The number of aliphatic hydroxyl groups excluding tert-OH is 2. The van der Waals surface area contributed by atoms with Crippen molar-refractivity contribution in [2.75, 3.05) is 13.2 Å². The Morgan fingerprint density at radius 3 is 1.62 bits per heavy atom. The van der Waals surface area contributed by atoms with E-state index in [0.717, 1.165) is 13.0 Å². The van der Waals surface area contributed by atoms with E-state index in [-0.39, 0.29) is 12.5 Å². The van der Waals surface area contributed by atoms with E-state index in [0.29, 0.717) is 22.5 Å². The summed E-state index contributed by atoms with van der Waals surface area (Å²) in [5, 5.41) is 18.7. The minimum Gasteiger partial charge on any atom is -0.416 e. The van der Waals surface area contributed by atoms with Gasteiger partial charge in [-0.1, -0.05) is 55.4 Å². The zero-order valence-corrected chi connectivity index (χ0v) is 16.4. The maximum Gasteiger partial charge on any atom is 0.200 e. The maximum atomic E-state index is 9.69. The number of hydrogen-bond donors (Lipinski definition) is 2. The van der Waals surface area contributed by atoms with Gasteiger partial charge in [0, 0.05) is 6.61 Å². The first kappa shape index (κ1) is 21.1. The van der Waals surface area contributed by atoms with Gasteiger partial charge in [-0.3, -0.25) is 0 Å². The third kappa shape index (κ3) is 5.66. The van der Waals surface area contributed by atoms with Gasteiger partial charge in [0.15, 0.2) is 8.32 Å². The summed E-state index contributed by atoms with van der Waals surface area (Å²) in [4.78, 5) is 0. The van der Waals surface area contributed by atoms with Crippen molar-refractivity contribution in [3.05, 3.63) is 0 Å². The quantitative estimate of drug-likeness (QED) is 0.594. The van der Waals surface area contributed by atoms with Crippen LogP contribution < -0.4 is 0 Å². The highest BCUT2D eigenvalue weighted by Gasteiger charge is 2.45. The van der Waals surface area contributed by atoms with Crippen LogP contribution in [0.4, 0.5) is 0 Å². The van der Waals surface area contributed by atoms with Crippen molar-refractivity contribution in [3.8, 4) is 0 Å². The van der Waals surface area contributed by atoms with E-state index in [2.05, 4.69) is 48.5 Å². The zero-order chi connectivity index (χ0) is 16.8. The smallest absolute Gasteiger partial charge is 0.200 e. The Balaban J connectivity index is 4.69. The van der Waals surface area contributed by atoms with Gasteiger partial charge in [0.1, 0.15) is 0 Å². The van der Waals surface area contributed by atoms with Crippen LogP contribution in [0.25, 0.3) is 0 Å². The van der Waals surface area contributed by atoms with Gasteiger partial charge in [-0.15, -0.1) is 0 Å². The monoisotopic (exact) mass is 318 g/mol. The first-order chi connectivity index (χ1) is 9.59. The molecule has 0 bridgehead atoms. The van der Waals surface area contributed by atoms with Crippen LogP contribution in [0.3, 0.4) is 0 Å². The van der Waals surface area contributed by atoms with Crippen LogP contribution in [0, 0.1) is 11.8 Å². The van der Waals surface area contributed by atoms with E-state index in [4.69, 9.17) is 9.53 Å². The summed E-state index contributed by atoms with van der Waals surface area (Å²) in [7, 11) is -1.79. The van der Waals surface area contributed by atoms with Gasteiger partial charge >= 0.3 is 0 Å². The Labute approximate surface area is 133 Å². The lowest BCUT2D eigenvalue weighted by Crippen LogP contribution is -2.48. The van der Waals surface area contributed by atoms with E-state index in [1.807, 2.05) is 6.92 Å². The second-order valence-electron chi connectivity index (χ2n) is 7.70. The Hall–Kier alpha value is 0.0969. The van der Waals surface area contributed by atoms with E-state index in [1.54, 1.807) is 0 Å². The molecule has 2 N–H and O–H groups in total. The van der Waals surface area contributed by atoms with E-state index in [9.17, 15) is 5.11 Å². The van der Waals surface area contributed by atoms with Crippen molar-refractivity contribution in [2.24, 2.45) is 11.8 Å². The first-order valence-electron chi connectivity index (χ1n) is 8.52. The van der Waals surface area contributed by atoms with Crippen LogP contribution in [-0.4, -0.2) is 37.8 Å². The third-order valence-electron chi connectivity index (χ3n) is 4.94. The summed E-state index contributed by atoms with van der Waals surface area (Å²) in [6.07, 6.45) is 0.273.